The number of rotatable bonds is 2. The zero-order valence-corrected chi connectivity index (χ0v) is 12.6. The van der Waals surface area contributed by atoms with Crippen LogP contribution in [0.25, 0.3) is 0 Å². The molecular formula is C15H18N4OS. The zero-order valence-electron chi connectivity index (χ0n) is 11.7. The lowest BCUT2D eigenvalue weighted by Crippen LogP contribution is -2.35. The molecule has 5 nitrogen and oxygen atoms in total. The van der Waals surface area contributed by atoms with Gasteiger partial charge in [-0.25, -0.2) is 4.79 Å². The van der Waals surface area contributed by atoms with Gasteiger partial charge in [0.1, 0.15) is 5.51 Å². The summed E-state index contributed by atoms with van der Waals surface area (Å²) in [6.07, 6.45) is 3.17. The van der Waals surface area contributed by atoms with E-state index in [9.17, 15) is 4.79 Å². The van der Waals surface area contributed by atoms with Crippen LogP contribution >= 0.6 is 11.3 Å². The SMILES string of the molecule is O=C(Nc1nncs1)N1CCC[C@H](c2ccccc2)CC1. The van der Waals surface area contributed by atoms with Gasteiger partial charge in [-0.1, -0.05) is 41.7 Å². The molecule has 0 aliphatic carbocycles. The third kappa shape index (κ3) is 3.58. The number of anilines is 1. The molecule has 1 saturated heterocycles. The summed E-state index contributed by atoms with van der Waals surface area (Å²) in [6.45, 7) is 1.58. The van der Waals surface area contributed by atoms with E-state index in [1.54, 1.807) is 5.51 Å². The van der Waals surface area contributed by atoms with Crippen LogP contribution in [0.5, 0.6) is 0 Å². The molecule has 0 bridgehead atoms. The highest BCUT2D eigenvalue weighted by molar-refractivity contribution is 7.13. The summed E-state index contributed by atoms with van der Waals surface area (Å²) >= 11 is 1.34. The van der Waals surface area contributed by atoms with E-state index in [2.05, 4.69) is 39.8 Å². The van der Waals surface area contributed by atoms with Crippen LogP contribution in [0.15, 0.2) is 35.8 Å². The Morgan fingerprint density at radius 1 is 1.24 bits per heavy atom. The summed E-state index contributed by atoms with van der Waals surface area (Å²) < 4.78 is 0. The second kappa shape index (κ2) is 6.67. The van der Waals surface area contributed by atoms with Crippen molar-refractivity contribution in [3.63, 3.8) is 0 Å². The summed E-state index contributed by atoms with van der Waals surface area (Å²) in [6, 6.07) is 10.5. The molecule has 1 aromatic carbocycles. The lowest BCUT2D eigenvalue weighted by molar-refractivity contribution is 0.213. The first-order valence-corrected chi connectivity index (χ1v) is 8.08. The molecule has 0 saturated carbocycles. The van der Waals surface area contributed by atoms with Gasteiger partial charge < -0.3 is 4.90 Å². The number of likely N-dealkylation sites (tertiary alicyclic amines) is 1. The highest BCUT2D eigenvalue weighted by Gasteiger charge is 2.22. The topological polar surface area (TPSA) is 58.1 Å². The maximum atomic E-state index is 12.2. The number of hydrogen-bond donors (Lipinski definition) is 1. The molecule has 2 heterocycles. The largest absolute Gasteiger partial charge is 0.324 e. The quantitative estimate of drug-likeness (QED) is 0.925. The lowest BCUT2D eigenvalue weighted by atomic mass is 9.92. The Morgan fingerprint density at radius 3 is 2.86 bits per heavy atom. The van der Waals surface area contributed by atoms with E-state index >= 15 is 0 Å². The van der Waals surface area contributed by atoms with Gasteiger partial charge in [-0.2, -0.15) is 0 Å². The van der Waals surface area contributed by atoms with Gasteiger partial charge in [0.05, 0.1) is 0 Å². The fraction of sp³-hybridized carbons (Fsp3) is 0.400. The molecule has 1 fully saturated rings. The number of aromatic nitrogens is 2. The van der Waals surface area contributed by atoms with Gasteiger partial charge in [0.15, 0.2) is 0 Å². The number of amides is 2. The van der Waals surface area contributed by atoms with Gasteiger partial charge in [0.25, 0.3) is 0 Å². The van der Waals surface area contributed by atoms with Crippen molar-refractivity contribution in [2.75, 3.05) is 18.4 Å². The number of carbonyl (C=O) groups is 1. The average molecular weight is 302 g/mol. The van der Waals surface area contributed by atoms with Crippen molar-refractivity contribution >= 4 is 22.5 Å². The standard InChI is InChI=1S/C15H18N4OS/c20-15(17-14-18-16-11-21-14)19-9-4-7-13(8-10-19)12-5-2-1-3-6-12/h1-3,5-6,11,13H,4,7-10H2,(H,17,18,20)/t13-/m0/s1. The summed E-state index contributed by atoms with van der Waals surface area (Å²) in [5.74, 6) is 0.547. The number of benzene rings is 1. The number of hydrogen-bond acceptors (Lipinski definition) is 4. The first-order chi connectivity index (χ1) is 10.3. The molecule has 2 aromatic rings. The lowest BCUT2D eigenvalue weighted by Gasteiger charge is -2.20. The second-order valence-electron chi connectivity index (χ2n) is 5.20. The van der Waals surface area contributed by atoms with Crippen LogP contribution in [-0.4, -0.2) is 34.2 Å². The molecule has 6 heteroatoms. The predicted octanol–water partition coefficient (Wildman–Crippen LogP) is 3.34. The molecule has 110 valence electrons. The summed E-state index contributed by atoms with van der Waals surface area (Å²) in [5.41, 5.74) is 2.99. The first-order valence-electron chi connectivity index (χ1n) is 7.20. The Kier molecular flexibility index (Phi) is 4.45. The van der Waals surface area contributed by atoms with Crippen molar-refractivity contribution < 1.29 is 4.79 Å². The van der Waals surface area contributed by atoms with Crippen molar-refractivity contribution in [1.82, 2.24) is 15.1 Å². The number of carbonyl (C=O) groups excluding carboxylic acids is 1. The highest BCUT2D eigenvalue weighted by atomic mass is 32.1. The zero-order chi connectivity index (χ0) is 14.5. The van der Waals surface area contributed by atoms with Crippen LogP contribution in [0, 0.1) is 0 Å². The Bertz CT molecular complexity index is 573. The molecule has 21 heavy (non-hydrogen) atoms. The van der Waals surface area contributed by atoms with E-state index in [1.807, 2.05) is 11.0 Å². The van der Waals surface area contributed by atoms with Crippen molar-refractivity contribution in [2.45, 2.75) is 25.2 Å². The monoisotopic (exact) mass is 302 g/mol. The van der Waals surface area contributed by atoms with E-state index in [0.717, 1.165) is 32.4 Å². The summed E-state index contributed by atoms with van der Waals surface area (Å²) in [5, 5.41) is 10.9. The second-order valence-corrected chi connectivity index (χ2v) is 6.03. The van der Waals surface area contributed by atoms with Gasteiger partial charge in [0, 0.05) is 13.1 Å². The highest BCUT2D eigenvalue weighted by Crippen LogP contribution is 2.28. The van der Waals surface area contributed by atoms with Gasteiger partial charge in [-0.05, 0) is 30.7 Å². The third-order valence-electron chi connectivity index (χ3n) is 3.86. The number of nitrogens with zero attached hydrogens (tertiary/aromatic N) is 3. The maximum absolute atomic E-state index is 12.2. The Hall–Kier alpha value is -1.95. The maximum Gasteiger partial charge on any atom is 0.323 e. The molecule has 1 aliphatic heterocycles. The Balaban J connectivity index is 1.59. The van der Waals surface area contributed by atoms with Crippen molar-refractivity contribution in [1.29, 1.82) is 0 Å². The number of urea groups is 1. The normalized spacial score (nSPS) is 19.0. The molecule has 1 aromatic heterocycles. The predicted molar refractivity (Wildman–Crippen MR) is 83.5 cm³/mol. The van der Waals surface area contributed by atoms with E-state index < -0.39 is 0 Å². The third-order valence-corrected chi connectivity index (χ3v) is 4.47. The molecule has 2 amide bonds. The minimum absolute atomic E-state index is 0.0690. The van der Waals surface area contributed by atoms with Crippen molar-refractivity contribution in [3.8, 4) is 0 Å². The van der Waals surface area contributed by atoms with Crippen LogP contribution in [0.1, 0.15) is 30.7 Å². The van der Waals surface area contributed by atoms with E-state index in [0.29, 0.717) is 11.0 Å². The van der Waals surface area contributed by atoms with E-state index in [-0.39, 0.29) is 6.03 Å². The fourth-order valence-corrected chi connectivity index (χ4v) is 3.19. The van der Waals surface area contributed by atoms with Crippen molar-refractivity contribution in [2.24, 2.45) is 0 Å². The van der Waals surface area contributed by atoms with Crippen LogP contribution in [0.3, 0.4) is 0 Å². The molecule has 1 N–H and O–H groups in total. The Labute approximate surface area is 128 Å². The molecular weight excluding hydrogens is 284 g/mol. The van der Waals surface area contributed by atoms with Gasteiger partial charge in [-0.15, -0.1) is 10.2 Å². The molecule has 3 rings (SSSR count). The smallest absolute Gasteiger partial charge is 0.323 e. The van der Waals surface area contributed by atoms with Gasteiger partial charge >= 0.3 is 6.03 Å². The minimum atomic E-state index is -0.0690. The first kappa shape index (κ1) is 14.0. The van der Waals surface area contributed by atoms with E-state index in [4.69, 9.17) is 0 Å². The fourth-order valence-electron chi connectivity index (χ4n) is 2.76. The van der Waals surface area contributed by atoms with Gasteiger partial charge in [0.2, 0.25) is 5.13 Å². The van der Waals surface area contributed by atoms with Crippen LogP contribution in [0.4, 0.5) is 9.93 Å². The van der Waals surface area contributed by atoms with Crippen molar-refractivity contribution in [3.05, 3.63) is 41.4 Å². The molecule has 0 unspecified atom stereocenters. The van der Waals surface area contributed by atoms with Crippen LogP contribution in [-0.2, 0) is 0 Å². The summed E-state index contributed by atoms with van der Waals surface area (Å²) in [4.78, 5) is 14.1. The van der Waals surface area contributed by atoms with E-state index in [1.165, 1.54) is 16.9 Å². The molecule has 0 spiro atoms. The Morgan fingerprint density at radius 2 is 2.10 bits per heavy atom. The average Bonchev–Trinajstić information content (AvgIpc) is 2.89. The van der Waals surface area contributed by atoms with Gasteiger partial charge in [-0.3, -0.25) is 5.32 Å². The number of nitrogens with one attached hydrogen (secondary N) is 1. The molecule has 0 radical (unpaired) electrons. The molecule has 1 aliphatic rings. The van der Waals surface area contributed by atoms with Crippen LogP contribution in [0.2, 0.25) is 0 Å². The minimum Gasteiger partial charge on any atom is -0.324 e. The van der Waals surface area contributed by atoms with Crippen LogP contribution < -0.4 is 5.32 Å². The molecule has 1 atom stereocenters. The summed E-state index contributed by atoms with van der Waals surface area (Å²) in [7, 11) is 0.